The Bertz CT molecular complexity index is 333. The van der Waals surface area contributed by atoms with Crippen molar-refractivity contribution in [1.29, 1.82) is 0 Å². The van der Waals surface area contributed by atoms with Gasteiger partial charge in [0.05, 0.1) is 0 Å². The zero-order valence-corrected chi connectivity index (χ0v) is 11.2. The van der Waals surface area contributed by atoms with Crippen molar-refractivity contribution in [2.24, 2.45) is 0 Å². The van der Waals surface area contributed by atoms with E-state index in [9.17, 15) is 4.39 Å². The van der Waals surface area contributed by atoms with Crippen LogP contribution < -0.4 is 5.32 Å². The minimum atomic E-state index is -0.172. The van der Waals surface area contributed by atoms with Crippen molar-refractivity contribution in [3.05, 3.63) is 34.1 Å². The van der Waals surface area contributed by atoms with E-state index in [1.54, 1.807) is 19.2 Å². The van der Waals surface area contributed by atoms with Crippen LogP contribution in [0, 0.1) is 5.82 Å². The predicted octanol–water partition coefficient (Wildman–Crippen LogP) is 3.10. The standard InChI is InChI=1S/C12H17BrFNO/c1-9(5-6-16-2)15-8-10-7-11(13)3-4-12(10)14/h3-4,7,9,15H,5-6,8H2,1-2H3. The molecule has 0 heterocycles. The van der Waals surface area contributed by atoms with Crippen LogP contribution in [0.25, 0.3) is 0 Å². The van der Waals surface area contributed by atoms with Crippen molar-refractivity contribution in [3.63, 3.8) is 0 Å². The van der Waals surface area contributed by atoms with E-state index in [-0.39, 0.29) is 5.82 Å². The minimum Gasteiger partial charge on any atom is -0.385 e. The highest BCUT2D eigenvalue weighted by atomic mass is 79.9. The average molecular weight is 290 g/mol. The van der Waals surface area contributed by atoms with Gasteiger partial charge in [-0.2, -0.15) is 0 Å². The van der Waals surface area contributed by atoms with Gasteiger partial charge >= 0.3 is 0 Å². The first-order valence-corrected chi connectivity index (χ1v) is 6.09. The molecule has 0 aliphatic heterocycles. The molecule has 1 aromatic carbocycles. The third-order valence-electron chi connectivity index (χ3n) is 2.40. The molecule has 0 aliphatic rings. The number of hydrogen-bond donors (Lipinski definition) is 1. The first-order chi connectivity index (χ1) is 7.63. The molecule has 0 radical (unpaired) electrons. The lowest BCUT2D eigenvalue weighted by Crippen LogP contribution is -2.27. The van der Waals surface area contributed by atoms with Crippen LogP contribution in [0.1, 0.15) is 18.9 Å². The number of nitrogens with one attached hydrogen (secondary N) is 1. The minimum absolute atomic E-state index is 0.172. The molecule has 0 saturated carbocycles. The SMILES string of the molecule is COCCC(C)NCc1cc(Br)ccc1F. The molecule has 0 saturated heterocycles. The molecular formula is C12H17BrFNO. The predicted molar refractivity (Wildman–Crippen MR) is 66.9 cm³/mol. The number of ether oxygens (including phenoxy) is 1. The van der Waals surface area contributed by atoms with Crippen LogP contribution >= 0.6 is 15.9 Å². The Morgan fingerprint density at radius 2 is 2.25 bits per heavy atom. The molecule has 0 aliphatic carbocycles. The third-order valence-corrected chi connectivity index (χ3v) is 2.90. The molecule has 1 atom stereocenters. The highest BCUT2D eigenvalue weighted by Crippen LogP contribution is 2.15. The maximum Gasteiger partial charge on any atom is 0.127 e. The van der Waals surface area contributed by atoms with Crippen molar-refractivity contribution in [3.8, 4) is 0 Å². The summed E-state index contributed by atoms with van der Waals surface area (Å²) in [5.74, 6) is -0.172. The molecule has 16 heavy (non-hydrogen) atoms. The average Bonchev–Trinajstić information content (AvgIpc) is 2.27. The van der Waals surface area contributed by atoms with Crippen molar-refractivity contribution in [2.75, 3.05) is 13.7 Å². The van der Waals surface area contributed by atoms with E-state index in [4.69, 9.17) is 4.74 Å². The Labute approximate surface area is 104 Å². The summed E-state index contributed by atoms with van der Waals surface area (Å²) in [5.41, 5.74) is 0.679. The number of rotatable bonds is 6. The third kappa shape index (κ3) is 4.60. The van der Waals surface area contributed by atoms with Gasteiger partial charge in [-0.05, 0) is 31.5 Å². The van der Waals surface area contributed by atoms with E-state index in [0.29, 0.717) is 18.2 Å². The summed E-state index contributed by atoms with van der Waals surface area (Å²) in [6.07, 6.45) is 0.923. The number of hydrogen-bond acceptors (Lipinski definition) is 2. The molecule has 1 aromatic rings. The lowest BCUT2D eigenvalue weighted by Gasteiger charge is -2.13. The highest BCUT2D eigenvalue weighted by Gasteiger charge is 2.05. The Balaban J connectivity index is 2.44. The summed E-state index contributed by atoms with van der Waals surface area (Å²) in [5, 5.41) is 3.26. The van der Waals surface area contributed by atoms with Gasteiger partial charge in [0.2, 0.25) is 0 Å². The normalized spacial score (nSPS) is 12.8. The topological polar surface area (TPSA) is 21.3 Å². The van der Waals surface area contributed by atoms with Crippen molar-refractivity contribution in [2.45, 2.75) is 25.9 Å². The largest absolute Gasteiger partial charge is 0.385 e. The van der Waals surface area contributed by atoms with Crippen LogP contribution in [-0.4, -0.2) is 19.8 Å². The Morgan fingerprint density at radius 1 is 1.50 bits per heavy atom. The maximum absolute atomic E-state index is 13.4. The lowest BCUT2D eigenvalue weighted by atomic mass is 10.2. The second-order valence-corrected chi connectivity index (χ2v) is 4.71. The molecule has 0 spiro atoms. The number of benzene rings is 1. The summed E-state index contributed by atoms with van der Waals surface area (Å²) in [6, 6.07) is 5.29. The van der Waals surface area contributed by atoms with Gasteiger partial charge in [-0.25, -0.2) is 4.39 Å². The fourth-order valence-corrected chi connectivity index (χ4v) is 1.77. The molecule has 1 unspecified atom stereocenters. The lowest BCUT2D eigenvalue weighted by molar-refractivity contribution is 0.184. The van der Waals surface area contributed by atoms with Gasteiger partial charge in [0.15, 0.2) is 0 Å². The van der Waals surface area contributed by atoms with Crippen LogP contribution in [0.2, 0.25) is 0 Å². The second-order valence-electron chi connectivity index (χ2n) is 3.80. The summed E-state index contributed by atoms with van der Waals surface area (Å²) in [6.45, 7) is 3.32. The summed E-state index contributed by atoms with van der Waals surface area (Å²) < 4.78 is 19.3. The molecule has 0 bridgehead atoms. The van der Waals surface area contributed by atoms with E-state index in [2.05, 4.69) is 28.2 Å². The number of methoxy groups -OCH3 is 1. The van der Waals surface area contributed by atoms with Crippen LogP contribution in [0.5, 0.6) is 0 Å². The first kappa shape index (κ1) is 13.6. The molecule has 2 nitrogen and oxygen atoms in total. The van der Waals surface area contributed by atoms with Gasteiger partial charge in [-0.1, -0.05) is 15.9 Å². The molecule has 0 amide bonds. The zero-order valence-electron chi connectivity index (χ0n) is 9.59. The summed E-state index contributed by atoms with van der Waals surface area (Å²) >= 11 is 3.33. The van der Waals surface area contributed by atoms with Gasteiger partial charge in [0, 0.05) is 36.3 Å². The zero-order chi connectivity index (χ0) is 12.0. The van der Waals surface area contributed by atoms with Crippen LogP contribution in [0.4, 0.5) is 4.39 Å². The molecular weight excluding hydrogens is 273 g/mol. The molecule has 90 valence electrons. The first-order valence-electron chi connectivity index (χ1n) is 5.29. The van der Waals surface area contributed by atoms with E-state index in [1.807, 2.05) is 0 Å². The molecule has 1 N–H and O–H groups in total. The van der Waals surface area contributed by atoms with E-state index in [0.717, 1.165) is 17.5 Å². The molecule has 1 rings (SSSR count). The molecule has 0 fully saturated rings. The van der Waals surface area contributed by atoms with Gasteiger partial charge in [-0.15, -0.1) is 0 Å². The fraction of sp³-hybridized carbons (Fsp3) is 0.500. The van der Waals surface area contributed by atoms with Gasteiger partial charge in [0.1, 0.15) is 5.82 Å². The van der Waals surface area contributed by atoms with Gasteiger partial charge in [0.25, 0.3) is 0 Å². The van der Waals surface area contributed by atoms with Crippen molar-refractivity contribution < 1.29 is 9.13 Å². The Hall–Kier alpha value is -0.450. The molecule has 0 aromatic heterocycles. The van der Waals surface area contributed by atoms with E-state index < -0.39 is 0 Å². The fourth-order valence-electron chi connectivity index (χ4n) is 1.36. The summed E-state index contributed by atoms with van der Waals surface area (Å²) in [7, 11) is 1.68. The Morgan fingerprint density at radius 3 is 2.94 bits per heavy atom. The van der Waals surface area contributed by atoms with Crippen LogP contribution in [0.3, 0.4) is 0 Å². The summed E-state index contributed by atoms with van der Waals surface area (Å²) in [4.78, 5) is 0. The van der Waals surface area contributed by atoms with Gasteiger partial charge in [-0.3, -0.25) is 0 Å². The highest BCUT2D eigenvalue weighted by molar-refractivity contribution is 9.10. The van der Waals surface area contributed by atoms with Crippen LogP contribution in [0.15, 0.2) is 22.7 Å². The smallest absolute Gasteiger partial charge is 0.127 e. The molecule has 4 heteroatoms. The number of halogens is 2. The van der Waals surface area contributed by atoms with Crippen molar-refractivity contribution in [1.82, 2.24) is 5.32 Å². The van der Waals surface area contributed by atoms with E-state index in [1.165, 1.54) is 6.07 Å². The Kier molecular flexibility index (Phi) is 5.95. The van der Waals surface area contributed by atoms with Crippen molar-refractivity contribution >= 4 is 15.9 Å². The van der Waals surface area contributed by atoms with Crippen LogP contribution in [-0.2, 0) is 11.3 Å². The van der Waals surface area contributed by atoms with Gasteiger partial charge < -0.3 is 10.1 Å². The maximum atomic E-state index is 13.4. The van der Waals surface area contributed by atoms with E-state index >= 15 is 0 Å². The second kappa shape index (κ2) is 6.99. The monoisotopic (exact) mass is 289 g/mol. The quantitative estimate of drug-likeness (QED) is 0.869.